The van der Waals surface area contributed by atoms with Crippen LogP contribution in [-0.2, 0) is 10.9 Å². The molecule has 0 atom stereocenters. The number of aromatic nitrogens is 2. The van der Waals surface area contributed by atoms with Crippen molar-refractivity contribution in [2.75, 3.05) is 13.1 Å². The third-order valence-corrected chi connectivity index (χ3v) is 3.12. The fourth-order valence-corrected chi connectivity index (χ4v) is 2.04. The topological polar surface area (TPSA) is 84.7 Å². The molecular weight excluding hydrogens is 319 g/mol. The summed E-state index contributed by atoms with van der Waals surface area (Å²) in [7, 11) is 0. The molecule has 0 aliphatic carbocycles. The van der Waals surface area contributed by atoms with Crippen LogP contribution < -0.4 is 0 Å². The first-order valence-electron chi connectivity index (χ1n) is 6.76. The number of carboxylic acids is 1. The van der Waals surface area contributed by atoms with Crippen LogP contribution >= 0.6 is 0 Å². The van der Waals surface area contributed by atoms with Crippen molar-refractivity contribution in [1.29, 1.82) is 0 Å². The van der Waals surface area contributed by atoms with Gasteiger partial charge in [0.15, 0.2) is 5.69 Å². The Bertz CT molecular complexity index is 627. The average Bonchev–Trinajstić information content (AvgIpc) is 2.68. The Kier molecular flexibility index (Phi) is 4.03. The zero-order valence-electron chi connectivity index (χ0n) is 12.7. The quantitative estimate of drug-likeness (QED) is 0.897. The van der Waals surface area contributed by atoms with Gasteiger partial charge in [0, 0.05) is 19.3 Å². The van der Waals surface area contributed by atoms with E-state index in [-0.39, 0.29) is 13.1 Å². The summed E-state index contributed by atoms with van der Waals surface area (Å²) in [6, 6.07) is -0.517. The highest BCUT2D eigenvalue weighted by molar-refractivity contribution is 5.88. The Labute approximate surface area is 129 Å². The Hall–Kier alpha value is -2.26. The number of amides is 1. The highest BCUT2D eigenvalue weighted by atomic mass is 19.4. The Morgan fingerprint density at radius 3 is 2.26 bits per heavy atom. The predicted octanol–water partition coefficient (Wildman–Crippen LogP) is 2.39. The molecule has 23 heavy (non-hydrogen) atoms. The minimum atomic E-state index is -4.85. The largest absolute Gasteiger partial charge is 0.478 e. The smallest absolute Gasteiger partial charge is 0.436 e. The fraction of sp³-hybridized carbons (Fsp3) is 0.615. The van der Waals surface area contributed by atoms with Gasteiger partial charge in [-0.2, -0.15) is 18.3 Å². The molecule has 1 fully saturated rings. The molecule has 0 saturated carbocycles. The Morgan fingerprint density at radius 2 is 1.87 bits per heavy atom. The second-order valence-electron chi connectivity index (χ2n) is 6.21. The number of rotatable bonds is 2. The van der Waals surface area contributed by atoms with E-state index in [1.807, 2.05) is 0 Å². The fourth-order valence-electron chi connectivity index (χ4n) is 2.04. The summed E-state index contributed by atoms with van der Waals surface area (Å²) in [5, 5.41) is 12.2. The summed E-state index contributed by atoms with van der Waals surface area (Å²) >= 11 is 0. The van der Waals surface area contributed by atoms with Gasteiger partial charge in [-0.15, -0.1) is 0 Å². The lowest BCUT2D eigenvalue weighted by Gasteiger charge is -2.39. The normalized spacial score (nSPS) is 16.2. The molecule has 7 nitrogen and oxygen atoms in total. The lowest BCUT2D eigenvalue weighted by molar-refractivity contribution is -0.142. The van der Waals surface area contributed by atoms with E-state index in [0.717, 1.165) is 10.9 Å². The molecule has 2 rings (SSSR count). The summed E-state index contributed by atoms with van der Waals surface area (Å²) in [6.07, 6.45) is -4.59. The van der Waals surface area contributed by atoms with Crippen molar-refractivity contribution in [3.05, 3.63) is 17.5 Å². The van der Waals surface area contributed by atoms with Crippen LogP contribution in [0.2, 0.25) is 0 Å². The number of hydrogen-bond acceptors (Lipinski definition) is 4. The van der Waals surface area contributed by atoms with E-state index in [1.54, 1.807) is 20.8 Å². The van der Waals surface area contributed by atoms with E-state index in [0.29, 0.717) is 0 Å². The van der Waals surface area contributed by atoms with Crippen LogP contribution in [0, 0.1) is 0 Å². The SMILES string of the molecule is CC(C)(C)OC(=O)N1CC(n2cc(C(=O)O)c(C(F)(F)F)n2)C1. The molecule has 128 valence electrons. The van der Waals surface area contributed by atoms with Crippen molar-refractivity contribution >= 4 is 12.1 Å². The molecule has 0 unspecified atom stereocenters. The van der Waals surface area contributed by atoms with E-state index in [9.17, 15) is 22.8 Å². The second-order valence-corrected chi connectivity index (χ2v) is 6.21. The van der Waals surface area contributed by atoms with Gasteiger partial charge in [0.1, 0.15) is 11.2 Å². The molecule has 1 aromatic heterocycles. The molecule has 0 radical (unpaired) electrons. The summed E-state index contributed by atoms with van der Waals surface area (Å²) in [4.78, 5) is 24.0. The third kappa shape index (κ3) is 3.74. The van der Waals surface area contributed by atoms with Gasteiger partial charge in [-0.3, -0.25) is 4.68 Å². The van der Waals surface area contributed by atoms with Crippen molar-refractivity contribution in [1.82, 2.24) is 14.7 Å². The highest BCUT2D eigenvalue weighted by Crippen LogP contribution is 2.32. The van der Waals surface area contributed by atoms with Gasteiger partial charge >= 0.3 is 18.2 Å². The van der Waals surface area contributed by atoms with Crippen LogP contribution in [0.4, 0.5) is 18.0 Å². The lowest BCUT2D eigenvalue weighted by Crippen LogP contribution is -2.52. The van der Waals surface area contributed by atoms with Crippen LogP contribution in [0.25, 0.3) is 0 Å². The number of carboxylic acid groups (broad SMARTS) is 1. The van der Waals surface area contributed by atoms with Crippen molar-refractivity contribution < 1.29 is 32.6 Å². The van der Waals surface area contributed by atoms with Crippen LogP contribution in [-0.4, -0.2) is 50.5 Å². The lowest BCUT2D eigenvalue weighted by atomic mass is 10.1. The number of carbonyl (C=O) groups excluding carboxylic acids is 1. The van der Waals surface area contributed by atoms with Crippen molar-refractivity contribution in [2.45, 2.75) is 38.6 Å². The van der Waals surface area contributed by atoms with Gasteiger partial charge in [0.2, 0.25) is 0 Å². The van der Waals surface area contributed by atoms with Crippen LogP contribution in [0.5, 0.6) is 0 Å². The minimum absolute atomic E-state index is 0.104. The number of likely N-dealkylation sites (tertiary alicyclic amines) is 1. The van der Waals surface area contributed by atoms with Crippen LogP contribution in [0.15, 0.2) is 6.20 Å². The standard InChI is InChI=1S/C13H16F3N3O4/c1-12(2,3)23-11(22)18-4-7(5-18)19-6-8(10(20)21)9(17-19)13(14,15)16/h6-7H,4-5H2,1-3H3,(H,20,21). The van der Waals surface area contributed by atoms with Crippen LogP contribution in [0.3, 0.4) is 0 Å². The van der Waals surface area contributed by atoms with Crippen molar-refractivity contribution in [2.24, 2.45) is 0 Å². The maximum Gasteiger partial charge on any atom is 0.436 e. The van der Waals surface area contributed by atoms with Gasteiger partial charge in [0.25, 0.3) is 0 Å². The van der Waals surface area contributed by atoms with Crippen molar-refractivity contribution in [3.63, 3.8) is 0 Å². The van der Waals surface area contributed by atoms with E-state index in [4.69, 9.17) is 9.84 Å². The van der Waals surface area contributed by atoms with Crippen LogP contribution in [0.1, 0.15) is 42.9 Å². The maximum absolute atomic E-state index is 12.8. The molecule has 1 saturated heterocycles. The van der Waals surface area contributed by atoms with Gasteiger partial charge in [-0.25, -0.2) is 9.59 Å². The number of ether oxygens (including phenoxy) is 1. The summed E-state index contributed by atoms with van der Waals surface area (Å²) < 4.78 is 44.4. The number of carbonyl (C=O) groups is 2. The molecule has 1 aliphatic rings. The Morgan fingerprint density at radius 1 is 1.30 bits per heavy atom. The summed E-state index contributed by atoms with van der Waals surface area (Å²) in [5.41, 5.74) is -3.03. The monoisotopic (exact) mass is 335 g/mol. The van der Waals surface area contributed by atoms with Gasteiger partial charge < -0.3 is 14.7 Å². The van der Waals surface area contributed by atoms with E-state index >= 15 is 0 Å². The third-order valence-electron chi connectivity index (χ3n) is 3.12. The van der Waals surface area contributed by atoms with Gasteiger partial charge in [-0.1, -0.05) is 0 Å². The summed E-state index contributed by atoms with van der Waals surface area (Å²) in [5.74, 6) is -1.70. The molecule has 1 aliphatic heterocycles. The number of alkyl halides is 3. The first kappa shape index (κ1) is 17.1. The van der Waals surface area contributed by atoms with Crippen molar-refractivity contribution in [3.8, 4) is 0 Å². The molecule has 2 heterocycles. The molecule has 0 bridgehead atoms. The molecule has 0 aromatic carbocycles. The van der Waals surface area contributed by atoms with E-state index in [1.165, 1.54) is 4.90 Å². The number of aromatic carboxylic acids is 1. The predicted molar refractivity (Wildman–Crippen MR) is 71.0 cm³/mol. The number of nitrogens with zero attached hydrogens (tertiary/aromatic N) is 3. The molecule has 1 aromatic rings. The zero-order valence-corrected chi connectivity index (χ0v) is 12.7. The van der Waals surface area contributed by atoms with E-state index < -0.39 is 41.1 Å². The second kappa shape index (κ2) is 5.43. The van der Waals surface area contributed by atoms with Gasteiger partial charge in [0.05, 0.1) is 6.04 Å². The Balaban J connectivity index is 2.09. The zero-order chi connectivity index (χ0) is 17.6. The first-order valence-corrected chi connectivity index (χ1v) is 6.76. The molecular formula is C13H16F3N3O4. The molecule has 0 spiro atoms. The van der Waals surface area contributed by atoms with Gasteiger partial charge in [-0.05, 0) is 20.8 Å². The molecule has 1 amide bonds. The highest BCUT2D eigenvalue weighted by Gasteiger charge is 2.42. The molecule has 10 heteroatoms. The molecule has 1 N–H and O–H groups in total. The summed E-state index contributed by atoms with van der Waals surface area (Å²) in [6.45, 7) is 5.30. The maximum atomic E-state index is 12.8. The minimum Gasteiger partial charge on any atom is -0.478 e. The van der Waals surface area contributed by atoms with E-state index in [2.05, 4.69) is 5.10 Å². The number of halogens is 3. The average molecular weight is 335 g/mol. The first-order chi connectivity index (χ1) is 10.4. The number of hydrogen-bond donors (Lipinski definition) is 1.